The van der Waals surface area contributed by atoms with Crippen molar-refractivity contribution in [3.63, 3.8) is 0 Å². The number of rotatable bonds is 6. The molecular formula is C18H16N2O4S. The maximum absolute atomic E-state index is 12.7. The number of carbonyl (C=O) groups excluding carboxylic acids is 2. The molecule has 0 unspecified atom stereocenters. The number of carbonyl (C=O) groups is 2. The lowest BCUT2D eigenvalue weighted by molar-refractivity contribution is -0.108. The van der Waals surface area contributed by atoms with Gasteiger partial charge in [0.25, 0.3) is 0 Å². The predicted octanol–water partition coefficient (Wildman–Crippen LogP) is 3.78. The third-order valence-electron chi connectivity index (χ3n) is 4.02. The summed E-state index contributed by atoms with van der Waals surface area (Å²) in [5, 5.41) is 3.16. The molecule has 1 aliphatic heterocycles. The first-order valence-electron chi connectivity index (χ1n) is 7.53. The van der Waals surface area contributed by atoms with Crippen LogP contribution in [0.15, 0.2) is 54.2 Å². The van der Waals surface area contributed by atoms with E-state index in [4.69, 9.17) is 8.74 Å². The average molecular weight is 356 g/mol. The van der Waals surface area contributed by atoms with E-state index in [2.05, 4.69) is 5.32 Å². The van der Waals surface area contributed by atoms with Gasteiger partial charge >= 0.3 is 0 Å². The van der Waals surface area contributed by atoms with E-state index in [0.717, 1.165) is 16.8 Å². The van der Waals surface area contributed by atoms with Crippen LogP contribution in [0.5, 0.6) is 0 Å². The molecule has 0 aliphatic carbocycles. The quantitative estimate of drug-likeness (QED) is 0.355. The maximum atomic E-state index is 12.7. The summed E-state index contributed by atoms with van der Waals surface area (Å²) >= 11 is 0.193. The summed E-state index contributed by atoms with van der Waals surface area (Å²) in [6.45, 7) is 1.71. The number of hydrogen-bond acceptors (Lipinski definition) is 6. The number of amides is 1. The van der Waals surface area contributed by atoms with Crippen molar-refractivity contribution >= 4 is 41.5 Å². The molecule has 2 aromatic carbocycles. The first kappa shape index (κ1) is 17.2. The molecule has 0 fully saturated rings. The van der Waals surface area contributed by atoms with Gasteiger partial charge in [0.2, 0.25) is 12.2 Å². The lowest BCUT2D eigenvalue weighted by Crippen LogP contribution is -2.24. The van der Waals surface area contributed by atoms with Gasteiger partial charge in [-0.15, -0.1) is 0 Å². The minimum Gasteiger partial charge on any atom is -0.351 e. The molecule has 6 nitrogen and oxygen atoms in total. The summed E-state index contributed by atoms with van der Waals surface area (Å²) < 4.78 is 13.6. The van der Waals surface area contributed by atoms with Crippen molar-refractivity contribution in [3.05, 3.63) is 65.4 Å². The van der Waals surface area contributed by atoms with E-state index < -0.39 is 0 Å². The molecule has 2 N–H and O–H groups in total. The van der Waals surface area contributed by atoms with E-state index in [-0.39, 0.29) is 24.8 Å². The topological polar surface area (TPSA) is 78.9 Å². The molecule has 1 amide bonds. The van der Waals surface area contributed by atoms with Crippen LogP contribution in [-0.2, 0) is 8.98 Å². The highest BCUT2D eigenvalue weighted by molar-refractivity contribution is 7.88. The second kappa shape index (κ2) is 7.52. The lowest BCUT2D eigenvalue weighted by Gasteiger charge is -2.20. The van der Waals surface area contributed by atoms with Gasteiger partial charge in [-0.25, -0.2) is 0 Å². The smallest absolute Gasteiger partial charge is 0.216 e. The van der Waals surface area contributed by atoms with Crippen molar-refractivity contribution in [2.24, 2.45) is 0 Å². The number of hydrogen-bond donors (Lipinski definition) is 2. The summed E-state index contributed by atoms with van der Waals surface area (Å²) in [4.78, 5) is 25.4. The second-order valence-electron chi connectivity index (χ2n) is 5.41. The van der Waals surface area contributed by atoms with Crippen molar-refractivity contribution in [2.75, 3.05) is 16.9 Å². The number of anilines is 2. The van der Waals surface area contributed by atoms with Crippen LogP contribution < -0.4 is 10.2 Å². The Morgan fingerprint density at radius 1 is 1.24 bits per heavy atom. The van der Waals surface area contributed by atoms with Crippen LogP contribution in [0.3, 0.4) is 0 Å². The van der Waals surface area contributed by atoms with Crippen LogP contribution in [0.1, 0.15) is 22.8 Å². The number of nitrogens with zero attached hydrogens (tertiary/aromatic N) is 1. The summed E-state index contributed by atoms with van der Waals surface area (Å²) in [5.41, 5.74) is 3.91. The van der Waals surface area contributed by atoms with Crippen LogP contribution in [0, 0.1) is 0 Å². The Balaban J connectivity index is 2.03. The second-order valence-corrected chi connectivity index (χ2v) is 5.80. The lowest BCUT2D eigenvalue weighted by atomic mass is 10.0. The first-order valence-corrected chi connectivity index (χ1v) is 8.23. The Morgan fingerprint density at radius 2 is 1.96 bits per heavy atom. The monoisotopic (exact) mass is 356 g/mol. The van der Waals surface area contributed by atoms with Crippen molar-refractivity contribution in [1.82, 2.24) is 0 Å². The van der Waals surface area contributed by atoms with Crippen LogP contribution in [0.2, 0.25) is 0 Å². The third-order valence-corrected chi connectivity index (χ3v) is 4.23. The summed E-state index contributed by atoms with van der Waals surface area (Å²) in [7, 11) is 0. The molecule has 2 aromatic rings. The molecule has 0 radical (unpaired) electrons. The van der Waals surface area contributed by atoms with E-state index in [0.29, 0.717) is 23.4 Å². The Kier molecular flexibility index (Phi) is 5.18. The first-order chi connectivity index (χ1) is 12.2. The van der Waals surface area contributed by atoms with Crippen molar-refractivity contribution in [1.29, 1.82) is 0 Å². The number of benzene rings is 2. The number of fused-ring (bicyclic) bond motifs is 1. The molecule has 0 spiro atoms. The van der Waals surface area contributed by atoms with Crippen molar-refractivity contribution < 1.29 is 18.3 Å². The highest BCUT2D eigenvalue weighted by atomic mass is 32.2. The van der Waals surface area contributed by atoms with Gasteiger partial charge in [-0.2, -0.15) is 0 Å². The SMILES string of the molecule is C/C(=C1\Nc2ccccc2C1=O)c1ccccc1N(C=O)COSO. The van der Waals surface area contributed by atoms with Crippen LogP contribution >= 0.6 is 12.3 Å². The largest absolute Gasteiger partial charge is 0.351 e. The Hall–Kier alpha value is -2.61. The highest BCUT2D eigenvalue weighted by Crippen LogP contribution is 2.35. The summed E-state index contributed by atoms with van der Waals surface area (Å²) in [5.74, 6) is -0.0808. The van der Waals surface area contributed by atoms with E-state index in [9.17, 15) is 9.59 Å². The fourth-order valence-electron chi connectivity index (χ4n) is 2.79. The number of allylic oxidation sites excluding steroid dienone is 2. The van der Waals surface area contributed by atoms with Crippen LogP contribution in [0.4, 0.5) is 11.4 Å². The van der Waals surface area contributed by atoms with Gasteiger partial charge in [0.1, 0.15) is 6.73 Å². The fourth-order valence-corrected chi connectivity index (χ4v) is 2.95. The van der Waals surface area contributed by atoms with E-state index in [1.807, 2.05) is 37.3 Å². The number of para-hydroxylation sites is 2. The van der Waals surface area contributed by atoms with Gasteiger partial charge in [-0.1, -0.05) is 30.3 Å². The van der Waals surface area contributed by atoms with E-state index >= 15 is 0 Å². The summed E-state index contributed by atoms with van der Waals surface area (Å²) in [6, 6.07) is 14.5. The molecular weight excluding hydrogens is 340 g/mol. The zero-order valence-electron chi connectivity index (χ0n) is 13.4. The minimum atomic E-state index is -0.119. The molecule has 1 heterocycles. The zero-order valence-corrected chi connectivity index (χ0v) is 14.2. The molecule has 7 heteroatoms. The molecule has 25 heavy (non-hydrogen) atoms. The molecule has 1 aliphatic rings. The Labute approximate surface area is 149 Å². The Bertz CT molecular complexity index is 850. The van der Waals surface area contributed by atoms with Gasteiger partial charge in [0.15, 0.2) is 12.3 Å². The van der Waals surface area contributed by atoms with Gasteiger partial charge in [-0.3, -0.25) is 18.7 Å². The van der Waals surface area contributed by atoms with Crippen LogP contribution in [-0.4, -0.2) is 23.5 Å². The third kappa shape index (κ3) is 3.30. The van der Waals surface area contributed by atoms with Gasteiger partial charge in [0.05, 0.1) is 11.4 Å². The van der Waals surface area contributed by atoms with E-state index in [1.54, 1.807) is 18.2 Å². The Morgan fingerprint density at radius 3 is 2.68 bits per heavy atom. The van der Waals surface area contributed by atoms with Crippen LogP contribution in [0.25, 0.3) is 5.57 Å². The zero-order chi connectivity index (χ0) is 17.8. The molecule has 3 rings (SSSR count). The highest BCUT2D eigenvalue weighted by Gasteiger charge is 2.27. The standard InChI is InChI=1S/C18H16N2O4S/c1-12(17-18(22)14-7-2-4-8-15(14)19-17)13-6-3-5-9-16(13)20(10-21)11-24-25-23/h2-10,19,23H,11H2,1H3/b17-12+. The van der Waals surface area contributed by atoms with Gasteiger partial charge in [0, 0.05) is 16.8 Å². The molecule has 0 bridgehead atoms. The molecule has 0 saturated carbocycles. The maximum Gasteiger partial charge on any atom is 0.216 e. The fraction of sp³-hybridized carbons (Fsp3) is 0.111. The predicted molar refractivity (Wildman–Crippen MR) is 98.1 cm³/mol. The number of nitrogens with one attached hydrogen (secondary N) is 1. The molecule has 128 valence electrons. The van der Waals surface area contributed by atoms with Gasteiger partial charge in [-0.05, 0) is 30.7 Å². The normalized spacial score (nSPS) is 14.7. The summed E-state index contributed by atoms with van der Waals surface area (Å²) in [6.07, 6.45) is 0.617. The molecule has 0 atom stereocenters. The molecule has 0 aromatic heterocycles. The number of Topliss-reactive ketones (excluding diaryl/α,β-unsaturated/α-hetero) is 1. The molecule has 0 saturated heterocycles. The minimum absolute atomic E-state index is 0.0808. The van der Waals surface area contributed by atoms with Crippen molar-refractivity contribution in [3.8, 4) is 0 Å². The van der Waals surface area contributed by atoms with Crippen molar-refractivity contribution in [2.45, 2.75) is 6.92 Å². The number of ketones is 1. The van der Waals surface area contributed by atoms with Gasteiger partial charge < -0.3 is 9.87 Å². The van der Waals surface area contributed by atoms with E-state index in [1.165, 1.54) is 4.90 Å². The average Bonchev–Trinajstić information content (AvgIpc) is 2.99.